The van der Waals surface area contributed by atoms with Crippen LogP contribution in [0.1, 0.15) is 36.5 Å². The Hall–Kier alpha value is -1.94. The van der Waals surface area contributed by atoms with Crippen molar-refractivity contribution in [1.82, 2.24) is 9.97 Å². The summed E-state index contributed by atoms with van der Waals surface area (Å²) in [6.45, 7) is 5.48. The van der Waals surface area contributed by atoms with E-state index >= 15 is 0 Å². The highest BCUT2D eigenvalue weighted by Crippen LogP contribution is 2.31. The predicted molar refractivity (Wildman–Crippen MR) is 78.4 cm³/mol. The van der Waals surface area contributed by atoms with Crippen LogP contribution >= 0.6 is 0 Å². The molecule has 0 saturated carbocycles. The van der Waals surface area contributed by atoms with Gasteiger partial charge in [0.2, 0.25) is 0 Å². The van der Waals surface area contributed by atoms with Crippen LogP contribution in [-0.4, -0.2) is 16.6 Å². The average molecular weight is 269 g/mol. The van der Waals surface area contributed by atoms with E-state index in [0.717, 1.165) is 23.5 Å². The van der Waals surface area contributed by atoms with Gasteiger partial charge in [-0.3, -0.25) is 0 Å². The molecular weight excluding hydrogens is 250 g/mol. The number of hydrogen-bond acceptors (Lipinski definition) is 4. The molecule has 0 spiro atoms. The van der Waals surface area contributed by atoms with Crippen LogP contribution in [-0.2, 0) is 23.2 Å². The van der Waals surface area contributed by atoms with Crippen LogP contribution in [0.25, 0.3) is 0 Å². The highest BCUT2D eigenvalue weighted by Gasteiger charge is 2.28. The summed E-state index contributed by atoms with van der Waals surface area (Å²) < 4.78 is 5.43. The highest BCUT2D eigenvalue weighted by atomic mass is 16.5. The first-order chi connectivity index (χ1) is 9.59. The van der Waals surface area contributed by atoms with Crippen molar-refractivity contribution in [1.29, 1.82) is 0 Å². The third kappa shape index (κ3) is 2.16. The van der Waals surface area contributed by atoms with Gasteiger partial charge in [-0.05, 0) is 19.4 Å². The normalized spacial score (nSPS) is 14.9. The molecule has 1 aromatic carbocycles. The van der Waals surface area contributed by atoms with Gasteiger partial charge in [0.15, 0.2) is 0 Å². The van der Waals surface area contributed by atoms with E-state index in [-0.39, 0.29) is 5.41 Å². The van der Waals surface area contributed by atoms with Gasteiger partial charge in [0, 0.05) is 17.4 Å². The fourth-order valence-electron chi connectivity index (χ4n) is 2.52. The summed E-state index contributed by atoms with van der Waals surface area (Å²) in [6.07, 6.45) is 0.805. The molecule has 0 radical (unpaired) electrons. The standard InChI is InChI=1S/C16H19N3O/c1-16(2,11-6-4-3-5-7-11)15-18-13-8-9-20-10-12(13)14(17)19-15/h3-7H,8-10H2,1-2H3,(H2,17,18,19). The van der Waals surface area contributed by atoms with Crippen LogP contribution < -0.4 is 5.73 Å². The predicted octanol–water partition coefficient (Wildman–Crippen LogP) is 2.46. The van der Waals surface area contributed by atoms with Gasteiger partial charge >= 0.3 is 0 Å². The molecule has 1 aliphatic heterocycles. The van der Waals surface area contributed by atoms with Crippen molar-refractivity contribution in [2.75, 3.05) is 12.3 Å². The SMILES string of the molecule is CC(C)(c1ccccc1)c1nc(N)c2c(n1)CCOC2. The number of fused-ring (bicyclic) bond motifs is 1. The third-order valence-corrected chi connectivity index (χ3v) is 3.91. The van der Waals surface area contributed by atoms with Gasteiger partial charge in [0.1, 0.15) is 11.6 Å². The molecule has 20 heavy (non-hydrogen) atoms. The summed E-state index contributed by atoms with van der Waals surface area (Å²) in [5.74, 6) is 1.33. The fraction of sp³-hybridized carbons (Fsp3) is 0.375. The van der Waals surface area contributed by atoms with Gasteiger partial charge in [-0.1, -0.05) is 30.3 Å². The molecule has 0 bridgehead atoms. The summed E-state index contributed by atoms with van der Waals surface area (Å²) in [5, 5.41) is 0. The fourth-order valence-corrected chi connectivity index (χ4v) is 2.52. The maximum absolute atomic E-state index is 6.09. The molecule has 0 aliphatic carbocycles. The lowest BCUT2D eigenvalue weighted by molar-refractivity contribution is 0.109. The summed E-state index contributed by atoms with van der Waals surface area (Å²) >= 11 is 0. The summed E-state index contributed by atoms with van der Waals surface area (Å²) in [7, 11) is 0. The first kappa shape index (κ1) is 13.1. The Morgan fingerprint density at radius 3 is 2.65 bits per heavy atom. The van der Waals surface area contributed by atoms with Gasteiger partial charge in [-0.25, -0.2) is 9.97 Å². The quantitative estimate of drug-likeness (QED) is 0.909. The molecule has 1 aliphatic rings. The zero-order chi connectivity index (χ0) is 14.2. The van der Waals surface area contributed by atoms with Crippen molar-refractivity contribution in [3.63, 3.8) is 0 Å². The number of benzene rings is 1. The molecule has 3 rings (SSSR count). The molecular formula is C16H19N3O. The van der Waals surface area contributed by atoms with Crippen molar-refractivity contribution in [2.45, 2.75) is 32.3 Å². The third-order valence-electron chi connectivity index (χ3n) is 3.91. The van der Waals surface area contributed by atoms with Crippen molar-refractivity contribution in [3.8, 4) is 0 Å². The summed E-state index contributed by atoms with van der Waals surface area (Å²) in [4.78, 5) is 9.27. The largest absolute Gasteiger partial charge is 0.383 e. The molecule has 0 saturated heterocycles. The number of rotatable bonds is 2. The molecule has 2 aromatic rings. The van der Waals surface area contributed by atoms with E-state index in [1.54, 1.807) is 0 Å². The van der Waals surface area contributed by atoms with E-state index in [4.69, 9.17) is 15.5 Å². The monoisotopic (exact) mass is 269 g/mol. The molecule has 0 unspecified atom stereocenters. The number of ether oxygens (including phenoxy) is 1. The Kier molecular flexibility index (Phi) is 3.18. The Balaban J connectivity index is 2.08. The van der Waals surface area contributed by atoms with Crippen LogP contribution in [0.5, 0.6) is 0 Å². The topological polar surface area (TPSA) is 61.0 Å². The van der Waals surface area contributed by atoms with E-state index in [9.17, 15) is 0 Å². The number of aromatic nitrogens is 2. The lowest BCUT2D eigenvalue weighted by Crippen LogP contribution is -2.26. The van der Waals surface area contributed by atoms with Crippen molar-refractivity contribution in [2.24, 2.45) is 0 Å². The van der Waals surface area contributed by atoms with Gasteiger partial charge in [0.05, 0.1) is 18.9 Å². The Morgan fingerprint density at radius 1 is 1.15 bits per heavy atom. The molecule has 104 valence electrons. The molecule has 0 atom stereocenters. The minimum atomic E-state index is -0.261. The van der Waals surface area contributed by atoms with E-state index in [1.807, 2.05) is 18.2 Å². The Labute approximate surface area is 119 Å². The van der Waals surface area contributed by atoms with Gasteiger partial charge in [0.25, 0.3) is 0 Å². The number of nitrogen functional groups attached to an aromatic ring is 1. The first-order valence-corrected chi connectivity index (χ1v) is 6.88. The number of hydrogen-bond donors (Lipinski definition) is 1. The maximum atomic E-state index is 6.09. The number of anilines is 1. The second kappa shape index (κ2) is 4.87. The van der Waals surface area contributed by atoms with Gasteiger partial charge in [-0.15, -0.1) is 0 Å². The maximum Gasteiger partial charge on any atom is 0.140 e. The highest BCUT2D eigenvalue weighted by molar-refractivity contribution is 5.45. The van der Waals surface area contributed by atoms with Crippen molar-refractivity contribution < 1.29 is 4.74 Å². The van der Waals surface area contributed by atoms with Crippen LogP contribution in [0.15, 0.2) is 30.3 Å². The zero-order valence-electron chi connectivity index (χ0n) is 11.9. The molecule has 4 nitrogen and oxygen atoms in total. The van der Waals surface area contributed by atoms with Crippen molar-refractivity contribution in [3.05, 3.63) is 53.0 Å². The molecule has 1 aromatic heterocycles. The van der Waals surface area contributed by atoms with Crippen LogP contribution in [0.4, 0.5) is 5.82 Å². The minimum Gasteiger partial charge on any atom is -0.383 e. The Morgan fingerprint density at radius 2 is 1.90 bits per heavy atom. The molecule has 0 fully saturated rings. The Bertz CT molecular complexity index is 623. The van der Waals surface area contributed by atoms with Gasteiger partial charge in [-0.2, -0.15) is 0 Å². The minimum absolute atomic E-state index is 0.261. The second-order valence-corrected chi connectivity index (χ2v) is 5.65. The van der Waals surface area contributed by atoms with E-state index in [2.05, 4.69) is 31.0 Å². The van der Waals surface area contributed by atoms with Gasteiger partial charge < -0.3 is 10.5 Å². The van der Waals surface area contributed by atoms with E-state index < -0.39 is 0 Å². The summed E-state index contributed by atoms with van der Waals surface area (Å²) in [5.41, 5.74) is 8.99. The first-order valence-electron chi connectivity index (χ1n) is 6.88. The molecule has 2 N–H and O–H groups in total. The molecule has 0 amide bonds. The van der Waals surface area contributed by atoms with Crippen LogP contribution in [0, 0.1) is 0 Å². The smallest absolute Gasteiger partial charge is 0.140 e. The van der Waals surface area contributed by atoms with E-state index in [0.29, 0.717) is 19.0 Å². The average Bonchev–Trinajstić information content (AvgIpc) is 2.48. The lowest BCUT2D eigenvalue weighted by Gasteiger charge is -2.26. The lowest BCUT2D eigenvalue weighted by atomic mass is 9.83. The van der Waals surface area contributed by atoms with E-state index in [1.165, 1.54) is 5.56 Å². The zero-order valence-corrected chi connectivity index (χ0v) is 11.9. The number of nitrogens with two attached hydrogens (primary N) is 1. The van der Waals surface area contributed by atoms with Crippen molar-refractivity contribution >= 4 is 5.82 Å². The molecule has 4 heteroatoms. The summed E-state index contributed by atoms with van der Waals surface area (Å²) in [6, 6.07) is 10.3. The van der Waals surface area contributed by atoms with Crippen LogP contribution in [0.3, 0.4) is 0 Å². The van der Waals surface area contributed by atoms with Crippen LogP contribution in [0.2, 0.25) is 0 Å². The molecule has 2 heterocycles. The second-order valence-electron chi connectivity index (χ2n) is 5.65. The number of nitrogens with zero attached hydrogens (tertiary/aromatic N) is 2.